The van der Waals surface area contributed by atoms with Crippen molar-refractivity contribution in [1.82, 2.24) is 10.6 Å². The highest BCUT2D eigenvalue weighted by atomic mass is 16.5. The summed E-state index contributed by atoms with van der Waals surface area (Å²) >= 11 is 0. The average Bonchev–Trinajstić information content (AvgIpc) is 2.19. The highest BCUT2D eigenvalue weighted by Crippen LogP contribution is 1.89. The first kappa shape index (κ1) is 15.4. The third-order valence-electron chi connectivity index (χ3n) is 2.01. The summed E-state index contributed by atoms with van der Waals surface area (Å²) in [6.07, 6.45) is 1.70. The zero-order valence-corrected chi connectivity index (χ0v) is 11.0. The van der Waals surface area contributed by atoms with Crippen molar-refractivity contribution < 1.29 is 9.53 Å². The lowest BCUT2D eigenvalue weighted by Crippen LogP contribution is -2.29. The minimum atomic E-state index is 0.109. The van der Waals surface area contributed by atoms with Gasteiger partial charge in [-0.15, -0.1) is 0 Å². The third kappa shape index (κ3) is 11.5. The maximum atomic E-state index is 11.3. The van der Waals surface area contributed by atoms with E-state index < -0.39 is 0 Å². The topological polar surface area (TPSA) is 50.4 Å². The molecule has 0 aromatic carbocycles. The molecule has 0 heterocycles. The summed E-state index contributed by atoms with van der Waals surface area (Å²) in [5, 5.41) is 6.11. The molecule has 0 saturated carbocycles. The molecule has 0 spiro atoms. The van der Waals surface area contributed by atoms with Crippen molar-refractivity contribution in [1.29, 1.82) is 0 Å². The van der Waals surface area contributed by atoms with Crippen LogP contribution in [0.25, 0.3) is 0 Å². The Morgan fingerprint density at radius 3 is 2.44 bits per heavy atom. The van der Waals surface area contributed by atoms with E-state index in [1.54, 1.807) is 0 Å². The van der Waals surface area contributed by atoms with Gasteiger partial charge in [-0.05, 0) is 26.8 Å². The van der Waals surface area contributed by atoms with Crippen molar-refractivity contribution in [2.24, 2.45) is 0 Å². The van der Waals surface area contributed by atoms with Crippen LogP contribution in [-0.4, -0.2) is 37.7 Å². The monoisotopic (exact) mass is 230 g/mol. The Morgan fingerprint density at radius 2 is 1.88 bits per heavy atom. The van der Waals surface area contributed by atoms with Crippen molar-refractivity contribution >= 4 is 5.91 Å². The van der Waals surface area contributed by atoms with Crippen LogP contribution in [0.4, 0.5) is 0 Å². The standard InChI is InChI=1S/C12H26N2O2/c1-10(2)13-7-5-6-12(15)14-8-9-16-11(3)4/h10-11,13H,5-9H2,1-4H3,(H,14,15). The van der Waals surface area contributed by atoms with E-state index in [4.69, 9.17) is 4.74 Å². The molecule has 96 valence electrons. The first-order valence-corrected chi connectivity index (χ1v) is 6.14. The molecule has 16 heavy (non-hydrogen) atoms. The van der Waals surface area contributed by atoms with Gasteiger partial charge in [-0.2, -0.15) is 0 Å². The van der Waals surface area contributed by atoms with E-state index in [1.165, 1.54) is 0 Å². The van der Waals surface area contributed by atoms with E-state index in [0.717, 1.165) is 13.0 Å². The Morgan fingerprint density at radius 1 is 1.19 bits per heavy atom. The van der Waals surface area contributed by atoms with Gasteiger partial charge >= 0.3 is 0 Å². The molecule has 0 aromatic heterocycles. The van der Waals surface area contributed by atoms with Gasteiger partial charge < -0.3 is 15.4 Å². The second-order valence-electron chi connectivity index (χ2n) is 4.48. The molecule has 0 saturated heterocycles. The van der Waals surface area contributed by atoms with Crippen molar-refractivity contribution in [2.75, 3.05) is 19.7 Å². The molecule has 4 nitrogen and oxygen atoms in total. The van der Waals surface area contributed by atoms with E-state index in [-0.39, 0.29) is 12.0 Å². The largest absolute Gasteiger partial charge is 0.377 e. The first-order valence-electron chi connectivity index (χ1n) is 6.14. The van der Waals surface area contributed by atoms with Crippen LogP contribution in [0.5, 0.6) is 0 Å². The fourth-order valence-electron chi connectivity index (χ4n) is 1.21. The molecule has 2 N–H and O–H groups in total. The molecular weight excluding hydrogens is 204 g/mol. The minimum absolute atomic E-state index is 0.109. The Kier molecular flexibility index (Phi) is 9.24. The number of amides is 1. The normalized spacial score (nSPS) is 11.1. The van der Waals surface area contributed by atoms with Gasteiger partial charge in [0.1, 0.15) is 0 Å². The number of rotatable bonds is 9. The number of hydrogen-bond acceptors (Lipinski definition) is 3. The number of carbonyl (C=O) groups is 1. The molecule has 0 aliphatic carbocycles. The Hall–Kier alpha value is -0.610. The summed E-state index contributed by atoms with van der Waals surface area (Å²) in [7, 11) is 0. The molecule has 0 unspecified atom stereocenters. The van der Waals surface area contributed by atoms with Crippen LogP contribution in [0.15, 0.2) is 0 Å². The summed E-state index contributed by atoms with van der Waals surface area (Å²) < 4.78 is 5.32. The summed E-state index contributed by atoms with van der Waals surface area (Å²) in [4.78, 5) is 11.3. The van der Waals surface area contributed by atoms with Gasteiger partial charge in [0.05, 0.1) is 12.7 Å². The zero-order valence-electron chi connectivity index (χ0n) is 11.0. The van der Waals surface area contributed by atoms with Crippen LogP contribution < -0.4 is 10.6 Å². The van der Waals surface area contributed by atoms with Crippen molar-refractivity contribution in [3.8, 4) is 0 Å². The van der Waals surface area contributed by atoms with E-state index in [1.807, 2.05) is 13.8 Å². The Labute approximate surface area is 99.1 Å². The van der Waals surface area contributed by atoms with Crippen molar-refractivity contribution in [2.45, 2.75) is 52.7 Å². The highest BCUT2D eigenvalue weighted by molar-refractivity contribution is 5.75. The molecule has 0 aliphatic heterocycles. The minimum Gasteiger partial charge on any atom is -0.377 e. The fourth-order valence-corrected chi connectivity index (χ4v) is 1.21. The maximum Gasteiger partial charge on any atom is 0.220 e. The van der Waals surface area contributed by atoms with Crippen LogP contribution in [-0.2, 0) is 9.53 Å². The molecule has 0 aliphatic rings. The van der Waals surface area contributed by atoms with Crippen LogP contribution in [0.3, 0.4) is 0 Å². The SMILES string of the molecule is CC(C)NCCCC(=O)NCCOC(C)C. The van der Waals surface area contributed by atoms with Crippen LogP contribution in [0.2, 0.25) is 0 Å². The Balaban J connectivity index is 3.25. The molecule has 0 aromatic rings. The van der Waals surface area contributed by atoms with Gasteiger partial charge in [0.15, 0.2) is 0 Å². The first-order chi connectivity index (χ1) is 7.52. The van der Waals surface area contributed by atoms with Crippen LogP contribution in [0.1, 0.15) is 40.5 Å². The molecule has 0 rings (SSSR count). The maximum absolute atomic E-state index is 11.3. The molecule has 1 amide bonds. The quantitative estimate of drug-likeness (QED) is 0.587. The fraction of sp³-hybridized carbons (Fsp3) is 0.917. The third-order valence-corrected chi connectivity index (χ3v) is 2.01. The summed E-state index contributed by atoms with van der Waals surface area (Å²) in [6, 6.07) is 0.488. The van der Waals surface area contributed by atoms with Gasteiger partial charge in [0, 0.05) is 19.0 Å². The zero-order chi connectivity index (χ0) is 12.4. The van der Waals surface area contributed by atoms with Gasteiger partial charge in [0.2, 0.25) is 5.91 Å². The molecular formula is C12H26N2O2. The van der Waals surface area contributed by atoms with Crippen molar-refractivity contribution in [3.63, 3.8) is 0 Å². The second kappa shape index (κ2) is 9.60. The van der Waals surface area contributed by atoms with Gasteiger partial charge in [-0.25, -0.2) is 0 Å². The van der Waals surface area contributed by atoms with Crippen molar-refractivity contribution in [3.05, 3.63) is 0 Å². The van der Waals surface area contributed by atoms with E-state index in [0.29, 0.717) is 25.6 Å². The molecule has 0 bridgehead atoms. The van der Waals surface area contributed by atoms with Gasteiger partial charge in [-0.3, -0.25) is 4.79 Å². The second-order valence-corrected chi connectivity index (χ2v) is 4.48. The van der Waals surface area contributed by atoms with Crippen LogP contribution >= 0.6 is 0 Å². The van der Waals surface area contributed by atoms with E-state index in [9.17, 15) is 4.79 Å². The Bertz CT molecular complexity index is 164. The van der Waals surface area contributed by atoms with Gasteiger partial charge in [0.25, 0.3) is 0 Å². The van der Waals surface area contributed by atoms with E-state index >= 15 is 0 Å². The number of hydrogen-bond donors (Lipinski definition) is 2. The number of ether oxygens (including phenoxy) is 1. The van der Waals surface area contributed by atoms with Crippen LogP contribution in [0, 0.1) is 0 Å². The lowest BCUT2D eigenvalue weighted by atomic mass is 10.2. The average molecular weight is 230 g/mol. The summed E-state index contributed by atoms with van der Waals surface area (Å²) in [5.74, 6) is 0.109. The lowest BCUT2D eigenvalue weighted by Gasteiger charge is -2.09. The molecule has 0 fully saturated rings. The predicted molar refractivity (Wildman–Crippen MR) is 66.5 cm³/mol. The molecule has 0 atom stereocenters. The lowest BCUT2D eigenvalue weighted by molar-refractivity contribution is -0.121. The predicted octanol–water partition coefficient (Wildman–Crippen LogP) is 1.31. The van der Waals surface area contributed by atoms with E-state index in [2.05, 4.69) is 24.5 Å². The molecule has 0 radical (unpaired) electrons. The number of nitrogens with one attached hydrogen (secondary N) is 2. The highest BCUT2D eigenvalue weighted by Gasteiger charge is 2.01. The van der Waals surface area contributed by atoms with Gasteiger partial charge in [-0.1, -0.05) is 13.8 Å². The number of carbonyl (C=O) groups excluding carboxylic acids is 1. The summed E-state index contributed by atoms with van der Waals surface area (Å²) in [6.45, 7) is 10.3. The summed E-state index contributed by atoms with van der Waals surface area (Å²) in [5.41, 5.74) is 0. The molecule has 4 heteroatoms. The smallest absolute Gasteiger partial charge is 0.220 e.